The molecule has 3 rings (SSSR count). The lowest BCUT2D eigenvalue weighted by Gasteiger charge is -2.32. The summed E-state index contributed by atoms with van der Waals surface area (Å²) in [4.78, 5) is 28.5. The van der Waals surface area contributed by atoms with Gasteiger partial charge in [0.15, 0.2) is 11.5 Å². The van der Waals surface area contributed by atoms with Crippen LogP contribution in [0.5, 0.6) is 11.5 Å². The second kappa shape index (κ2) is 14.6. The summed E-state index contributed by atoms with van der Waals surface area (Å²) in [5, 5.41) is 3.57. The number of hydrogen-bond donors (Lipinski definition) is 1. The molecule has 0 aromatic heterocycles. The van der Waals surface area contributed by atoms with Gasteiger partial charge in [-0.2, -0.15) is 0 Å². The van der Waals surface area contributed by atoms with Gasteiger partial charge in [-0.05, 0) is 54.8 Å². The first-order chi connectivity index (χ1) is 19.9. The lowest BCUT2D eigenvalue weighted by Crippen LogP contribution is -2.51. The van der Waals surface area contributed by atoms with Gasteiger partial charge in [-0.1, -0.05) is 61.3 Å². The molecule has 0 saturated heterocycles. The smallest absolute Gasteiger partial charge is 0.264 e. The number of nitrogens with one attached hydrogen (secondary N) is 1. The van der Waals surface area contributed by atoms with Crippen LogP contribution in [-0.2, 0) is 26.2 Å². The van der Waals surface area contributed by atoms with Crippen molar-refractivity contribution in [1.29, 1.82) is 0 Å². The molecule has 12 heteroatoms. The van der Waals surface area contributed by atoms with Crippen molar-refractivity contribution in [2.75, 3.05) is 31.6 Å². The van der Waals surface area contributed by atoms with E-state index in [1.54, 1.807) is 49.4 Å². The van der Waals surface area contributed by atoms with Crippen LogP contribution in [0, 0.1) is 5.92 Å². The van der Waals surface area contributed by atoms with Crippen LogP contribution in [0.3, 0.4) is 0 Å². The Morgan fingerprint density at radius 3 is 2.17 bits per heavy atom. The Hall–Kier alpha value is -3.47. The van der Waals surface area contributed by atoms with E-state index in [0.29, 0.717) is 27.9 Å². The highest BCUT2D eigenvalue weighted by Crippen LogP contribution is 2.34. The molecule has 1 atom stereocenters. The third kappa shape index (κ3) is 8.08. The Morgan fingerprint density at radius 1 is 0.905 bits per heavy atom. The molecule has 3 aromatic rings. The molecule has 0 aliphatic carbocycles. The highest BCUT2D eigenvalue weighted by molar-refractivity contribution is 7.92. The number of ether oxygens (including phenoxy) is 2. The van der Waals surface area contributed by atoms with Crippen LogP contribution in [0.4, 0.5) is 5.69 Å². The minimum atomic E-state index is -4.24. The van der Waals surface area contributed by atoms with Crippen LogP contribution in [0.15, 0.2) is 71.6 Å². The summed E-state index contributed by atoms with van der Waals surface area (Å²) in [5.74, 6) is -0.151. The summed E-state index contributed by atoms with van der Waals surface area (Å²) < 4.78 is 39.6. The van der Waals surface area contributed by atoms with E-state index in [2.05, 4.69) is 5.32 Å². The molecule has 42 heavy (non-hydrogen) atoms. The quantitative estimate of drug-likeness (QED) is 0.270. The Kier molecular flexibility index (Phi) is 11.5. The SMILES string of the molecule is COc1ccc(N(CC(=O)N(Cc2ccc(Cl)cc2Cl)[C@H](C)C(=O)NCC(C)C)S(=O)(=O)c2ccccc2)cc1OC. The number of methoxy groups -OCH3 is 2. The zero-order valence-electron chi connectivity index (χ0n) is 24.1. The molecule has 226 valence electrons. The van der Waals surface area contributed by atoms with Crippen LogP contribution >= 0.6 is 23.2 Å². The van der Waals surface area contributed by atoms with Crippen LogP contribution in [0.25, 0.3) is 0 Å². The second-order valence-corrected chi connectivity index (χ2v) is 12.6. The van der Waals surface area contributed by atoms with Gasteiger partial charge in [-0.15, -0.1) is 0 Å². The average molecular weight is 637 g/mol. The minimum Gasteiger partial charge on any atom is -0.493 e. The third-order valence-electron chi connectivity index (χ3n) is 6.47. The van der Waals surface area contributed by atoms with Gasteiger partial charge in [-0.3, -0.25) is 13.9 Å². The van der Waals surface area contributed by atoms with Gasteiger partial charge in [0.25, 0.3) is 10.0 Å². The maximum Gasteiger partial charge on any atom is 0.264 e. The van der Waals surface area contributed by atoms with E-state index in [9.17, 15) is 18.0 Å². The van der Waals surface area contributed by atoms with Crippen LogP contribution in [-0.4, -0.2) is 58.5 Å². The maximum atomic E-state index is 14.1. The molecule has 0 spiro atoms. The number of anilines is 1. The summed E-state index contributed by atoms with van der Waals surface area (Å²) in [7, 11) is -1.34. The van der Waals surface area contributed by atoms with E-state index in [4.69, 9.17) is 32.7 Å². The minimum absolute atomic E-state index is 0.0115. The molecule has 0 aliphatic rings. The zero-order chi connectivity index (χ0) is 31.0. The van der Waals surface area contributed by atoms with Crippen LogP contribution in [0.1, 0.15) is 26.3 Å². The van der Waals surface area contributed by atoms with Crippen molar-refractivity contribution in [3.63, 3.8) is 0 Å². The van der Waals surface area contributed by atoms with Gasteiger partial charge in [0.05, 0.1) is 24.8 Å². The van der Waals surface area contributed by atoms with Crippen molar-refractivity contribution < 1.29 is 27.5 Å². The topological polar surface area (TPSA) is 105 Å². The molecule has 0 unspecified atom stereocenters. The number of rotatable bonds is 13. The van der Waals surface area contributed by atoms with E-state index in [-0.39, 0.29) is 34.7 Å². The Morgan fingerprint density at radius 2 is 1.57 bits per heavy atom. The standard InChI is InChI=1S/C30H35Cl2N3O6S/c1-20(2)17-33-30(37)21(3)34(18-22-11-12-23(31)15-26(22)32)29(36)19-35(42(38,39)25-9-7-6-8-10-25)24-13-14-27(40-4)28(16-24)41-5/h6-16,20-21H,17-19H2,1-5H3,(H,33,37)/t21-/m1/s1. The molecule has 0 heterocycles. The van der Waals surface area contributed by atoms with E-state index in [1.165, 1.54) is 43.4 Å². The van der Waals surface area contributed by atoms with E-state index in [0.717, 1.165) is 4.31 Å². The summed E-state index contributed by atoms with van der Waals surface area (Å²) in [6.07, 6.45) is 0. The number of sulfonamides is 1. The van der Waals surface area contributed by atoms with Crippen LogP contribution in [0.2, 0.25) is 10.0 Å². The fourth-order valence-corrected chi connectivity index (χ4v) is 5.99. The molecular formula is C30H35Cl2N3O6S. The molecule has 0 fully saturated rings. The summed E-state index contributed by atoms with van der Waals surface area (Å²) in [6.45, 7) is 5.24. The summed E-state index contributed by atoms with van der Waals surface area (Å²) in [5.41, 5.74) is 0.716. The second-order valence-electron chi connectivity index (χ2n) is 9.94. The Labute approximate surface area is 257 Å². The first kappa shape index (κ1) is 33.0. The predicted molar refractivity (Wildman–Crippen MR) is 165 cm³/mol. The third-order valence-corrected chi connectivity index (χ3v) is 8.85. The first-order valence-corrected chi connectivity index (χ1v) is 15.4. The van der Waals surface area contributed by atoms with Crippen molar-refractivity contribution in [1.82, 2.24) is 10.2 Å². The molecule has 0 saturated carbocycles. The van der Waals surface area contributed by atoms with E-state index >= 15 is 0 Å². The summed E-state index contributed by atoms with van der Waals surface area (Å²) >= 11 is 12.5. The van der Waals surface area contributed by atoms with Crippen molar-refractivity contribution in [2.24, 2.45) is 5.92 Å². The highest BCUT2D eigenvalue weighted by Gasteiger charge is 2.33. The maximum absolute atomic E-state index is 14.1. The number of benzene rings is 3. The lowest BCUT2D eigenvalue weighted by atomic mass is 10.1. The monoisotopic (exact) mass is 635 g/mol. The van der Waals surface area contributed by atoms with E-state index in [1.807, 2.05) is 13.8 Å². The zero-order valence-corrected chi connectivity index (χ0v) is 26.5. The normalized spacial score (nSPS) is 12.0. The van der Waals surface area contributed by atoms with Crippen molar-refractivity contribution >= 4 is 50.7 Å². The van der Waals surface area contributed by atoms with Gasteiger partial charge in [0.1, 0.15) is 12.6 Å². The Bertz CT molecular complexity index is 1500. The fourth-order valence-electron chi connectivity index (χ4n) is 4.10. The largest absolute Gasteiger partial charge is 0.493 e. The molecule has 0 aliphatic heterocycles. The molecular weight excluding hydrogens is 601 g/mol. The number of halogens is 2. The summed E-state index contributed by atoms with van der Waals surface area (Å²) in [6, 6.07) is 16.2. The van der Waals surface area contributed by atoms with Crippen molar-refractivity contribution in [3.8, 4) is 11.5 Å². The number of amides is 2. The average Bonchev–Trinajstić information content (AvgIpc) is 2.97. The molecule has 0 bridgehead atoms. The van der Waals surface area contributed by atoms with Gasteiger partial charge in [0, 0.05) is 29.2 Å². The van der Waals surface area contributed by atoms with Gasteiger partial charge >= 0.3 is 0 Å². The number of carbonyl (C=O) groups is 2. The van der Waals surface area contributed by atoms with Gasteiger partial charge in [0.2, 0.25) is 11.8 Å². The molecule has 9 nitrogen and oxygen atoms in total. The molecule has 0 radical (unpaired) electrons. The first-order valence-electron chi connectivity index (χ1n) is 13.2. The fraction of sp³-hybridized carbons (Fsp3) is 0.333. The lowest BCUT2D eigenvalue weighted by molar-refractivity contribution is -0.139. The van der Waals surface area contributed by atoms with Crippen molar-refractivity contribution in [3.05, 3.63) is 82.3 Å². The van der Waals surface area contributed by atoms with Crippen LogP contribution < -0.4 is 19.1 Å². The molecule has 1 N–H and O–H groups in total. The van der Waals surface area contributed by atoms with Crippen molar-refractivity contribution in [2.45, 2.75) is 38.3 Å². The highest BCUT2D eigenvalue weighted by atomic mass is 35.5. The molecule has 3 aromatic carbocycles. The number of nitrogens with zero attached hydrogens (tertiary/aromatic N) is 2. The van der Waals surface area contributed by atoms with Gasteiger partial charge in [-0.25, -0.2) is 8.42 Å². The number of carbonyl (C=O) groups excluding carboxylic acids is 2. The Balaban J connectivity index is 2.08. The number of hydrogen-bond acceptors (Lipinski definition) is 6. The molecule has 2 amide bonds. The van der Waals surface area contributed by atoms with Gasteiger partial charge < -0.3 is 19.7 Å². The predicted octanol–water partition coefficient (Wildman–Crippen LogP) is 5.40. The van der Waals surface area contributed by atoms with E-state index < -0.39 is 28.5 Å².